The van der Waals surface area contributed by atoms with Crippen LogP contribution in [0.2, 0.25) is 0 Å². The maximum atomic E-state index is 6.21. The van der Waals surface area contributed by atoms with Crippen LogP contribution >= 0.6 is 0 Å². The predicted molar refractivity (Wildman–Crippen MR) is 73.0 cm³/mol. The van der Waals surface area contributed by atoms with E-state index in [0.29, 0.717) is 0 Å². The molecular formula is C15H18N2. The van der Waals surface area contributed by atoms with Crippen LogP contribution in [0, 0.1) is 0 Å². The van der Waals surface area contributed by atoms with Gasteiger partial charge in [-0.1, -0.05) is 48.5 Å². The molecule has 0 saturated carbocycles. The number of para-hydroxylation sites is 1. The normalized spacial score (nSPS) is 12.1. The Morgan fingerprint density at radius 3 is 2.06 bits per heavy atom. The first-order chi connectivity index (χ1) is 8.27. The number of hydrogen-bond donors (Lipinski definition) is 1. The van der Waals surface area contributed by atoms with Gasteiger partial charge in [-0.15, -0.1) is 0 Å². The van der Waals surface area contributed by atoms with E-state index in [1.807, 2.05) is 43.4 Å². The van der Waals surface area contributed by atoms with Crippen molar-refractivity contribution < 1.29 is 0 Å². The molecule has 2 nitrogen and oxygen atoms in total. The summed E-state index contributed by atoms with van der Waals surface area (Å²) in [6, 6.07) is 20.6. The van der Waals surface area contributed by atoms with Gasteiger partial charge in [-0.25, -0.2) is 0 Å². The van der Waals surface area contributed by atoms with E-state index in [4.69, 9.17) is 5.73 Å². The highest BCUT2D eigenvalue weighted by atomic mass is 15.2. The summed E-state index contributed by atoms with van der Waals surface area (Å²) in [5.74, 6) is 0. The maximum absolute atomic E-state index is 6.21. The minimum atomic E-state index is -0.000185. The molecule has 0 fully saturated rings. The lowest BCUT2D eigenvalue weighted by Gasteiger charge is -2.26. The third kappa shape index (κ3) is 3.08. The van der Waals surface area contributed by atoms with E-state index in [-0.39, 0.29) is 6.17 Å². The predicted octanol–water partition coefficient (Wildman–Crippen LogP) is 2.65. The van der Waals surface area contributed by atoms with Gasteiger partial charge >= 0.3 is 0 Å². The Morgan fingerprint density at radius 2 is 1.47 bits per heavy atom. The number of nitrogens with zero attached hydrogens (tertiary/aromatic N) is 1. The van der Waals surface area contributed by atoms with E-state index in [1.54, 1.807) is 0 Å². The third-order valence-corrected chi connectivity index (χ3v) is 2.95. The lowest BCUT2D eigenvalue weighted by Crippen LogP contribution is -2.41. The summed E-state index contributed by atoms with van der Waals surface area (Å²) < 4.78 is 0. The van der Waals surface area contributed by atoms with Crippen LogP contribution < -0.4 is 10.6 Å². The molecule has 0 aliphatic rings. The Hall–Kier alpha value is -1.80. The van der Waals surface area contributed by atoms with Gasteiger partial charge in [0.2, 0.25) is 0 Å². The Kier molecular flexibility index (Phi) is 3.78. The number of nitrogens with two attached hydrogens (primary N) is 1. The van der Waals surface area contributed by atoms with E-state index in [0.717, 1.165) is 12.1 Å². The van der Waals surface area contributed by atoms with Crippen molar-refractivity contribution in [3.8, 4) is 0 Å². The Bertz CT molecular complexity index is 439. The van der Waals surface area contributed by atoms with Crippen LogP contribution in [-0.2, 0) is 6.42 Å². The number of rotatable bonds is 4. The van der Waals surface area contributed by atoms with Gasteiger partial charge in [0.05, 0.1) is 6.17 Å². The molecule has 2 N–H and O–H groups in total. The molecule has 1 atom stereocenters. The zero-order chi connectivity index (χ0) is 12.1. The number of anilines is 1. The molecule has 0 radical (unpaired) electrons. The topological polar surface area (TPSA) is 29.3 Å². The van der Waals surface area contributed by atoms with Crippen molar-refractivity contribution in [2.45, 2.75) is 12.6 Å². The Labute approximate surface area is 103 Å². The summed E-state index contributed by atoms with van der Waals surface area (Å²) in [6.07, 6.45) is 0.853. The quantitative estimate of drug-likeness (QED) is 0.812. The highest BCUT2D eigenvalue weighted by Crippen LogP contribution is 2.14. The molecule has 2 aromatic carbocycles. The van der Waals surface area contributed by atoms with Crippen LogP contribution in [0.15, 0.2) is 60.7 Å². The zero-order valence-corrected chi connectivity index (χ0v) is 10.1. The molecule has 2 aromatic rings. The first-order valence-corrected chi connectivity index (χ1v) is 5.85. The molecule has 0 saturated heterocycles. The monoisotopic (exact) mass is 226 g/mol. The molecule has 1 unspecified atom stereocenters. The van der Waals surface area contributed by atoms with Crippen molar-refractivity contribution in [3.05, 3.63) is 66.2 Å². The van der Waals surface area contributed by atoms with Gasteiger partial charge in [-0.2, -0.15) is 0 Å². The van der Waals surface area contributed by atoms with Gasteiger partial charge < -0.3 is 10.6 Å². The third-order valence-electron chi connectivity index (χ3n) is 2.95. The molecule has 0 bridgehead atoms. The van der Waals surface area contributed by atoms with Crippen molar-refractivity contribution in [2.75, 3.05) is 11.9 Å². The van der Waals surface area contributed by atoms with Crippen LogP contribution in [0.3, 0.4) is 0 Å². The van der Waals surface area contributed by atoms with Crippen LogP contribution in [-0.4, -0.2) is 13.2 Å². The fraction of sp³-hybridized carbons (Fsp3) is 0.200. The summed E-state index contributed by atoms with van der Waals surface area (Å²) in [4.78, 5) is 2.10. The van der Waals surface area contributed by atoms with Crippen LogP contribution in [0.5, 0.6) is 0 Å². The largest absolute Gasteiger partial charge is 0.359 e. The second kappa shape index (κ2) is 5.51. The average Bonchev–Trinajstić information content (AvgIpc) is 2.40. The lowest BCUT2D eigenvalue weighted by molar-refractivity contribution is 0.653. The molecule has 2 heteroatoms. The number of likely N-dealkylation sites (N-methyl/N-ethyl adjacent to an activating group) is 1. The molecule has 0 amide bonds. The molecule has 0 aliphatic carbocycles. The molecule has 0 aliphatic heterocycles. The van der Waals surface area contributed by atoms with Gasteiger partial charge in [0.1, 0.15) is 0 Å². The van der Waals surface area contributed by atoms with E-state index in [2.05, 4.69) is 29.2 Å². The lowest BCUT2D eigenvalue weighted by atomic mass is 10.1. The summed E-state index contributed by atoms with van der Waals surface area (Å²) in [5, 5.41) is 0. The second-order valence-corrected chi connectivity index (χ2v) is 4.20. The second-order valence-electron chi connectivity index (χ2n) is 4.20. The van der Waals surface area contributed by atoms with Gasteiger partial charge in [0.15, 0.2) is 0 Å². The highest BCUT2D eigenvalue weighted by molar-refractivity contribution is 5.46. The summed E-state index contributed by atoms with van der Waals surface area (Å²) in [5.41, 5.74) is 8.62. The highest BCUT2D eigenvalue weighted by Gasteiger charge is 2.10. The van der Waals surface area contributed by atoms with Gasteiger partial charge in [0, 0.05) is 19.2 Å². The smallest absolute Gasteiger partial charge is 0.0808 e. The standard InChI is InChI=1S/C15H18N2/c1-17(14-10-6-3-7-11-14)15(16)12-13-8-4-2-5-9-13/h2-11,15H,12,16H2,1H3. The van der Waals surface area contributed by atoms with Crippen LogP contribution in [0.1, 0.15) is 5.56 Å². The van der Waals surface area contributed by atoms with Crippen molar-refractivity contribution in [3.63, 3.8) is 0 Å². The minimum Gasteiger partial charge on any atom is -0.359 e. The van der Waals surface area contributed by atoms with Crippen molar-refractivity contribution in [1.29, 1.82) is 0 Å². The van der Waals surface area contributed by atoms with Gasteiger partial charge in [0.25, 0.3) is 0 Å². The van der Waals surface area contributed by atoms with Gasteiger partial charge in [-0.05, 0) is 17.7 Å². The van der Waals surface area contributed by atoms with Crippen molar-refractivity contribution in [1.82, 2.24) is 0 Å². The fourth-order valence-corrected chi connectivity index (χ4v) is 1.85. The van der Waals surface area contributed by atoms with E-state index < -0.39 is 0 Å². The molecule has 0 spiro atoms. The summed E-state index contributed by atoms with van der Waals surface area (Å²) >= 11 is 0. The number of hydrogen-bond acceptors (Lipinski definition) is 2. The molecular weight excluding hydrogens is 208 g/mol. The van der Waals surface area contributed by atoms with E-state index >= 15 is 0 Å². The zero-order valence-electron chi connectivity index (χ0n) is 10.1. The summed E-state index contributed by atoms with van der Waals surface area (Å²) in [7, 11) is 2.03. The van der Waals surface area contributed by atoms with Gasteiger partial charge in [-0.3, -0.25) is 0 Å². The Balaban J connectivity index is 2.03. The van der Waals surface area contributed by atoms with Crippen LogP contribution in [0.4, 0.5) is 5.69 Å². The molecule has 0 aromatic heterocycles. The summed E-state index contributed by atoms with van der Waals surface area (Å²) in [6.45, 7) is 0. The first-order valence-electron chi connectivity index (χ1n) is 5.85. The molecule has 2 rings (SSSR count). The Morgan fingerprint density at radius 1 is 0.941 bits per heavy atom. The first kappa shape index (κ1) is 11.7. The maximum Gasteiger partial charge on any atom is 0.0808 e. The molecule has 0 heterocycles. The average molecular weight is 226 g/mol. The molecule has 17 heavy (non-hydrogen) atoms. The van der Waals surface area contributed by atoms with Crippen molar-refractivity contribution >= 4 is 5.69 Å². The van der Waals surface area contributed by atoms with Crippen molar-refractivity contribution in [2.24, 2.45) is 5.73 Å². The van der Waals surface area contributed by atoms with E-state index in [1.165, 1.54) is 5.56 Å². The number of benzene rings is 2. The molecule has 88 valence electrons. The van der Waals surface area contributed by atoms with Crippen LogP contribution in [0.25, 0.3) is 0 Å². The van der Waals surface area contributed by atoms with E-state index in [9.17, 15) is 0 Å². The fourth-order valence-electron chi connectivity index (χ4n) is 1.85. The SMILES string of the molecule is CN(c1ccccc1)C(N)Cc1ccccc1. The minimum absolute atomic E-state index is 0.000185.